The maximum Gasteiger partial charge on any atom is -0.0326 e. The van der Waals surface area contributed by atoms with E-state index in [1.165, 1.54) is 70.6 Å². The Morgan fingerprint density at radius 3 is 2.00 bits per heavy atom. The van der Waals surface area contributed by atoms with E-state index >= 15 is 0 Å². The Morgan fingerprint density at radius 2 is 1.50 bits per heavy atom. The van der Waals surface area contributed by atoms with Crippen LogP contribution >= 0.6 is 0 Å². The molecule has 1 fully saturated rings. The standard InChI is InChI=1S/C18H36/c1-5-7-15-17(18(3,4)6-2)16-13-11-9-8-10-12-14-16/h16-17H,5-15H2,1-4H3. The first kappa shape index (κ1) is 16.1. The van der Waals surface area contributed by atoms with Crippen molar-refractivity contribution >= 4 is 0 Å². The summed E-state index contributed by atoms with van der Waals surface area (Å²) in [6.45, 7) is 9.77. The maximum absolute atomic E-state index is 2.52. The van der Waals surface area contributed by atoms with E-state index in [-0.39, 0.29) is 0 Å². The fourth-order valence-electron chi connectivity index (χ4n) is 3.84. The number of hydrogen-bond acceptors (Lipinski definition) is 0. The first-order chi connectivity index (χ1) is 8.61. The van der Waals surface area contributed by atoms with Crippen LogP contribution in [0.1, 0.15) is 98.3 Å². The first-order valence-electron chi connectivity index (χ1n) is 8.61. The summed E-state index contributed by atoms with van der Waals surface area (Å²) < 4.78 is 0. The maximum atomic E-state index is 2.52. The highest BCUT2D eigenvalue weighted by atomic mass is 14.4. The third kappa shape index (κ3) is 4.94. The molecule has 1 aliphatic carbocycles. The minimum atomic E-state index is 0.555. The van der Waals surface area contributed by atoms with E-state index in [1.54, 1.807) is 0 Å². The molecule has 1 saturated carbocycles. The van der Waals surface area contributed by atoms with Crippen LogP contribution < -0.4 is 0 Å². The predicted octanol–water partition coefficient (Wildman–Crippen LogP) is 6.59. The third-order valence-electron chi connectivity index (χ3n) is 5.50. The Morgan fingerprint density at radius 1 is 0.944 bits per heavy atom. The van der Waals surface area contributed by atoms with Gasteiger partial charge in [-0.25, -0.2) is 0 Å². The molecule has 108 valence electrons. The SMILES string of the molecule is CCCCC(C1CCCCCCC1)C(C)(C)CC. The highest BCUT2D eigenvalue weighted by molar-refractivity contribution is 4.83. The largest absolute Gasteiger partial charge is 0.0654 e. The Kier molecular flexibility index (Phi) is 7.34. The van der Waals surface area contributed by atoms with Gasteiger partial charge in [0.05, 0.1) is 0 Å². The van der Waals surface area contributed by atoms with Crippen molar-refractivity contribution in [2.24, 2.45) is 17.3 Å². The van der Waals surface area contributed by atoms with Gasteiger partial charge < -0.3 is 0 Å². The van der Waals surface area contributed by atoms with Gasteiger partial charge in [-0.3, -0.25) is 0 Å². The van der Waals surface area contributed by atoms with E-state index in [1.807, 2.05) is 0 Å². The normalized spacial score (nSPS) is 21.3. The molecule has 1 aliphatic rings. The monoisotopic (exact) mass is 252 g/mol. The first-order valence-corrected chi connectivity index (χ1v) is 8.61. The molecule has 1 unspecified atom stereocenters. The molecular formula is C18H36. The van der Waals surface area contributed by atoms with Crippen LogP contribution in [0, 0.1) is 17.3 Å². The molecule has 0 heterocycles. The predicted molar refractivity (Wildman–Crippen MR) is 82.9 cm³/mol. The van der Waals surface area contributed by atoms with Crippen LogP contribution in [-0.2, 0) is 0 Å². The highest BCUT2D eigenvalue weighted by Gasteiger charge is 2.33. The van der Waals surface area contributed by atoms with Crippen LogP contribution in [0.3, 0.4) is 0 Å². The summed E-state index contributed by atoms with van der Waals surface area (Å²) in [4.78, 5) is 0. The lowest BCUT2D eigenvalue weighted by molar-refractivity contribution is 0.1000. The Labute approximate surface area is 116 Å². The molecule has 0 bridgehead atoms. The van der Waals surface area contributed by atoms with Crippen LogP contribution in [-0.4, -0.2) is 0 Å². The summed E-state index contributed by atoms with van der Waals surface area (Å²) in [5.74, 6) is 1.99. The van der Waals surface area contributed by atoms with E-state index in [9.17, 15) is 0 Å². The quantitative estimate of drug-likeness (QED) is 0.500. The van der Waals surface area contributed by atoms with Gasteiger partial charge in [0, 0.05) is 0 Å². The topological polar surface area (TPSA) is 0 Å². The van der Waals surface area contributed by atoms with Gasteiger partial charge in [0.25, 0.3) is 0 Å². The van der Waals surface area contributed by atoms with Crippen LogP contribution in [0.2, 0.25) is 0 Å². The Bertz CT molecular complexity index is 196. The van der Waals surface area contributed by atoms with Gasteiger partial charge in [-0.15, -0.1) is 0 Å². The molecular weight excluding hydrogens is 216 g/mol. The van der Waals surface area contributed by atoms with Gasteiger partial charge in [-0.2, -0.15) is 0 Å². The summed E-state index contributed by atoms with van der Waals surface area (Å²) in [6, 6.07) is 0. The molecule has 0 aromatic carbocycles. The summed E-state index contributed by atoms with van der Waals surface area (Å²) >= 11 is 0. The van der Waals surface area contributed by atoms with E-state index in [0.29, 0.717) is 5.41 Å². The van der Waals surface area contributed by atoms with Crippen molar-refractivity contribution in [1.82, 2.24) is 0 Å². The van der Waals surface area contributed by atoms with Crippen molar-refractivity contribution in [2.45, 2.75) is 98.3 Å². The van der Waals surface area contributed by atoms with Crippen molar-refractivity contribution < 1.29 is 0 Å². The lowest BCUT2D eigenvalue weighted by atomic mass is 9.65. The molecule has 0 aliphatic heterocycles. The molecule has 0 radical (unpaired) electrons. The summed E-state index contributed by atoms with van der Waals surface area (Å²) in [5.41, 5.74) is 0.555. The molecule has 0 aromatic rings. The molecule has 1 atom stereocenters. The van der Waals surface area contributed by atoms with Crippen LogP contribution in [0.25, 0.3) is 0 Å². The van der Waals surface area contributed by atoms with E-state index in [0.717, 1.165) is 11.8 Å². The minimum absolute atomic E-state index is 0.555. The van der Waals surface area contributed by atoms with Crippen molar-refractivity contribution in [2.75, 3.05) is 0 Å². The van der Waals surface area contributed by atoms with E-state index in [2.05, 4.69) is 27.7 Å². The zero-order chi connectivity index (χ0) is 13.4. The second-order valence-corrected chi connectivity index (χ2v) is 7.20. The van der Waals surface area contributed by atoms with Gasteiger partial charge >= 0.3 is 0 Å². The van der Waals surface area contributed by atoms with Crippen LogP contribution in [0.15, 0.2) is 0 Å². The number of unbranched alkanes of at least 4 members (excludes halogenated alkanes) is 1. The van der Waals surface area contributed by atoms with Crippen molar-refractivity contribution in [1.29, 1.82) is 0 Å². The minimum Gasteiger partial charge on any atom is -0.0654 e. The molecule has 1 rings (SSSR count). The lowest BCUT2D eigenvalue weighted by Gasteiger charge is -2.40. The Balaban J connectivity index is 2.66. The molecule has 0 nitrogen and oxygen atoms in total. The summed E-state index contributed by atoms with van der Waals surface area (Å²) in [5, 5.41) is 0. The highest BCUT2D eigenvalue weighted by Crippen LogP contribution is 2.43. The third-order valence-corrected chi connectivity index (χ3v) is 5.50. The summed E-state index contributed by atoms with van der Waals surface area (Å²) in [6.07, 6.45) is 16.1. The number of rotatable bonds is 6. The van der Waals surface area contributed by atoms with Gasteiger partial charge in [0.1, 0.15) is 0 Å². The molecule has 0 amide bonds. The van der Waals surface area contributed by atoms with Crippen molar-refractivity contribution in [3.05, 3.63) is 0 Å². The fourth-order valence-corrected chi connectivity index (χ4v) is 3.84. The van der Waals surface area contributed by atoms with Crippen molar-refractivity contribution in [3.63, 3.8) is 0 Å². The average Bonchev–Trinajstić information content (AvgIpc) is 2.31. The zero-order valence-electron chi connectivity index (χ0n) is 13.4. The second kappa shape index (κ2) is 8.23. The lowest BCUT2D eigenvalue weighted by Crippen LogP contribution is -2.31. The molecule has 18 heavy (non-hydrogen) atoms. The summed E-state index contributed by atoms with van der Waals surface area (Å²) in [7, 11) is 0. The second-order valence-electron chi connectivity index (χ2n) is 7.20. The molecule has 0 N–H and O–H groups in total. The average molecular weight is 252 g/mol. The van der Waals surface area contributed by atoms with E-state index in [4.69, 9.17) is 0 Å². The molecule has 0 saturated heterocycles. The number of hydrogen-bond donors (Lipinski definition) is 0. The smallest absolute Gasteiger partial charge is 0.0326 e. The van der Waals surface area contributed by atoms with Gasteiger partial charge in [-0.1, -0.05) is 91.9 Å². The molecule has 0 spiro atoms. The molecule has 0 heteroatoms. The van der Waals surface area contributed by atoms with Gasteiger partial charge in [0.2, 0.25) is 0 Å². The Hall–Kier alpha value is 0. The van der Waals surface area contributed by atoms with Crippen LogP contribution in [0.5, 0.6) is 0 Å². The zero-order valence-corrected chi connectivity index (χ0v) is 13.4. The molecule has 0 aromatic heterocycles. The van der Waals surface area contributed by atoms with Crippen LogP contribution in [0.4, 0.5) is 0 Å². The van der Waals surface area contributed by atoms with Crippen molar-refractivity contribution in [3.8, 4) is 0 Å². The fraction of sp³-hybridized carbons (Fsp3) is 1.00. The van der Waals surface area contributed by atoms with Gasteiger partial charge in [0.15, 0.2) is 0 Å². The van der Waals surface area contributed by atoms with Gasteiger partial charge in [-0.05, 0) is 23.7 Å². The van der Waals surface area contributed by atoms with E-state index < -0.39 is 0 Å².